The summed E-state index contributed by atoms with van der Waals surface area (Å²) in [5.74, 6) is -0.422. The van der Waals surface area contributed by atoms with Crippen molar-refractivity contribution in [3.05, 3.63) is 32.8 Å². The van der Waals surface area contributed by atoms with E-state index in [2.05, 4.69) is 21.2 Å². The smallest absolute Gasteiger partial charge is 0.289 e. The minimum Gasteiger partial charge on any atom is -0.355 e. The molecule has 1 aliphatic rings. The van der Waals surface area contributed by atoms with Crippen molar-refractivity contribution in [3.8, 4) is 0 Å². The van der Waals surface area contributed by atoms with Crippen LogP contribution in [0.1, 0.15) is 6.42 Å². The minimum absolute atomic E-state index is 0.130. The predicted molar refractivity (Wildman–Crippen MR) is 77.2 cm³/mol. The quantitative estimate of drug-likeness (QED) is 0.620. The standard InChI is InChI=1S/C11H12BrN3O5S/c12-8-2-3-9(15(17)18)10(6-8)21(19,20)14-5-1-4-13-11(16)7-14/h2-3,6H,1,4-5,7H2,(H,13,16). The summed E-state index contributed by atoms with van der Waals surface area (Å²) in [6.45, 7) is 0.169. The van der Waals surface area contributed by atoms with E-state index in [0.29, 0.717) is 17.4 Å². The first-order chi connectivity index (χ1) is 9.82. The van der Waals surface area contributed by atoms with Crippen molar-refractivity contribution < 1.29 is 18.1 Å². The van der Waals surface area contributed by atoms with Gasteiger partial charge in [-0.2, -0.15) is 4.31 Å². The predicted octanol–water partition coefficient (Wildman–Crippen LogP) is 0.868. The van der Waals surface area contributed by atoms with Gasteiger partial charge in [-0.15, -0.1) is 0 Å². The summed E-state index contributed by atoms with van der Waals surface area (Å²) in [4.78, 5) is 21.3. The average molecular weight is 378 g/mol. The number of nitrogens with one attached hydrogen (secondary N) is 1. The van der Waals surface area contributed by atoms with Gasteiger partial charge in [-0.3, -0.25) is 14.9 Å². The number of nitro benzene ring substituents is 1. The minimum atomic E-state index is -4.12. The molecule has 114 valence electrons. The van der Waals surface area contributed by atoms with Crippen molar-refractivity contribution in [2.24, 2.45) is 0 Å². The maximum absolute atomic E-state index is 12.6. The Morgan fingerprint density at radius 2 is 2.10 bits per heavy atom. The number of carbonyl (C=O) groups excluding carboxylic acids is 1. The second-order valence-electron chi connectivity index (χ2n) is 4.41. The van der Waals surface area contributed by atoms with Crippen LogP contribution in [-0.2, 0) is 14.8 Å². The fourth-order valence-corrected chi connectivity index (χ4v) is 4.10. The number of hydrogen-bond acceptors (Lipinski definition) is 5. The first-order valence-corrected chi connectivity index (χ1v) is 8.26. The van der Waals surface area contributed by atoms with Crippen LogP contribution in [0.5, 0.6) is 0 Å². The van der Waals surface area contributed by atoms with Crippen LogP contribution in [0.2, 0.25) is 0 Å². The number of sulfonamides is 1. The molecule has 0 atom stereocenters. The molecular formula is C11H12BrN3O5S. The van der Waals surface area contributed by atoms with Gasteiger partial charge >= 0.3 is 0 Å². The molecule has 1 aromatic carbocycles. The largest absolute Gasteiger partial charge is 0.355 e. The van der Waals surface area contributed by atoms with Crippen LogP contribution in [-0.4, -0.2) is 43.2 Å². The Balaban J connectivity index is 2.50. The average Bonchev–Trinajstić information content (AvgIpc) is 2.63. The van der Waals surface area contributed by atoms with Gasteiger partial charge in [0.15, 0.2) is 4.90 Å². The molecule has 0 bridgehead atoms. The summed E-state index contributed by atoms with van der Waals surface area (Å²) in [6, 6.07) is 3.69. The lowest BCUT2D eigenvalue weighted by Gasteiger charge is -2.18. The molecule has 1 heterocycles. The highest BCUT2D eigenvalue weighted by Crippen LogP contribution is 2.29. The molecule has 1 amide bonds. The van der Waals surface area contributed by atoms with Crippen LogP contribution < -0.4 is 5.32 Å². The van der Waals surface area contributed by atoms with Gasteiger partial charge in [-0.05, 0) is 18.6 Å². The molecule has 8 nitrogen and oxygen atoms in total. The number of rotatable bonds is 3. The van der Waals surface area contributed by atoms with E-state index in [-0.39, 0.29) is 13.1 Å². The molecule has 0 aromatic heterocycles. The second kappa shape index (κ2) is 6.08. The van der Waals surface area contributed by atoms with E-state index in [1.165, 1.54) is 12.1 Å². The summed E-state index contributed by atoms with van der Waals surface area (Å²) in [7, 11) is -4.12. The topological polar surface area (TPSA) is 110 Å². The lowest BCUT2D eigenvalue weighted by atomic mass is 10.3. The first-order valence-electron chi connectivity index (χ1n) is 6.03. The van der Waals surface area contributed by atoms with E-state index in [1.54, 1.807) is 0 Å². The Bertz CT molecular complexity index is 691. The number of hydrogen-bond donors (Lipinski definition) is 1. The molecule has 0 unspecified atom stereocenters. The monoisotopic (exact) mass is 377 g/mol. The van der Waals surface area contributed by atoms with Crippen LogP contribution in [0.3, 0.4) is 0 Å². The van der Waals surface area contributed by atoms with Gasteiger partial charge in [-0.1, -0.05) is 15.9 Å². The lowest BCUT2D eigenvalue weighted by Crippen LogP contribution is -2.37. The maximum Gasteiger partial charge on any atom is 0.289 e. The number of benzene rings is 1. The molecule has 0 radical (unpaired) electrons. The van der Waals surface area contributed by atoms with Gasteiger partial charge in [0.25, 0.3) is 5.69 Å². The number of amides is 1. The summed E-state index contributed by atoms with van der Waals surface area (Å²) in [6.07, 6.45) is 0.451. The van der Waals surface area contributed by atoms with Crippen LogP contribution in [0, 0.1) is 10.1 Å². The van der Waals surface area contributed by atoms with Crippen molar-refractivity contribution in [3.63, 3.8) is 0 Å². The Kier molecular flexibility index (Phi) is 4.59. The van der Waals surface area contributed by atoms with Crippen molar-refractivity contribution in [1.82, 2.24) is 9.62 Å². The van der Waals surface area contributed by atoms with Crippen molar-refractivity contribution in [1.29, 1.82) is 0 Å². The summed E-state index contributed by atoms with van der Waals surface area (Å²) in [5.41, 5.74) is -0.511. The zero-order valence-electron chi connectivity index (χ0n) is 10.8. The van der Waals surface area contributed by atoms with Gasteiger partial charge in [0.1, 0.15) is 0 Å². The molecule has 0 spiro atoms. The Morgan fingerprint density at radius 1 is 1.38 bits per heavy atom. The van der Waals surface area contributed by atoms with E-state index < -0.39 is 31.4 Å². The Hall–Kier alpha value is -1.52. The third-order valence-corrected chi connectivity index (χ3v) is 5.33. The molecule has 10 heteroatoms. The van der Waals surface area contributed by atoms with Gasteiger partial charge in [0.05, 0.1) is 11.5 Å². The van der Waals surface area contributed by atoms with Crippen molar-refractivity contribution >= 4 is 37.5 Å². The summed E-state index contributed by atoms with van der Waals surface area (Å²) >= 11 is 3.10. The molecule has 2 rings (SSSR count). The molecule has 1 aromatic rings. The van der Waals surface area contributed by atoms with Crippen LogP contribution in [0.4, 0.5) is 5.69 Å². The van der Waals surface area contributed by atoms with E-state index >= 15 is 0 Å². The number of nitro groups is 1. The fourth-order valence-electron chi connectivity index (χ4n) is 1.97. The van der Waals surface area contributed by atoms with E-state index in [9.17, 15) is 23.3 Å². The third kappa shape index (κ3) is 3.39. The molecule has 0 aliphatic carbocycles. The van der Waals surface area contributed by atoms with Crippen molar-refractivity contribution in [2.75, 3.05) is 19.6 Å². The van der Waals surface area contributed by atoms with Crippen LogP contribution in [0.25, 0.3) is 0 Å². The highest BCUT2D eigenvalue weighted by atomic mass is 79.9. The van der Waals surface area contributed by atoms with Crippen molar-refractivity contribution in [2.45, 2.75) is 11.3 Å². The van der Waals surface area contributed by atoms with Gasteiger partial charge in [0.2, 0.25) is 15.9 Å². The number of nitrogens with zero attached hydrogens (tertiary/aromatic N) is 2. The molecule has 21 heavy (non-hydrogen) atoms. The van der Waals surface area contributed by atoms with Gasteiger partial charge in [0, 0.05) is 23.6 Å². The summed E-state index contributed by atoms with van der Waals surface area (Å²) < 4.78 is 26.5. The summed E-state index contributed by atoms with van der Waals surface area (Å²) in [5, 5.41) is 13.6. The fraction of sp³-hybridized carbons (Fsp3) is 0.364. The maximum atomic E-state index is 12.6. The zero-order valence-corrected chi connectivity index (χ0v) is 13.2. The van der Waals surface area contributed by atoms with E-state index in [0.717, 1.165) is 10.4 Å². The Morgan fingerprint density at radius 3 is 2.76 bits per heavy atom. The van der Waals surface area contributed by atoms with E-state index in [1.807, 2.05) is 0 Å². The highest BCUT2D eigenvalue weighted by molar-refractivity contribution is 9.10. The van der Waals surface area contributed by atoms with Gasteiger partial charge < -0.3 is 5.32 Å². The SMILES string of the molecule is O=C1CN(S(=O)(=O)c2cc(Br)ccc2[N+](=O)[O-])CCCN1. The highest BCUT2D eigenvalue weighted by Gasteiger charge is 2.33. The van der Waals surface area contributed by atoms with E-state index in [4.69, 9.17) is 0 Å². The molecule has 1 aliphatic heterocycles. The second-order valence-corrected chi connectivity index (χ2v) is 7.23. The Labute approximate surface area is 129 Å². The number of carbonyl (C=O) groups is 1. The zero-order chi connectivity index (χ0) is 15.6. The first kappa shape index (κ1) is 15.9. The molecule has 1 saturated heterocycles. The molecule has 0 saturated carbocycles. The van der Waals surface area contributed by atoms with Crippen LogP contribution in [0.15, 0.2) is 27.6 Å². The third-order valence-electron chi connectivity index (χ3n) is 2.96. The van der Waals surface area contributed by atoms with Gasteiger partial charge in [-0.25, -0.2) is 8.42 Å². The lowest BCUT2D eigenvalue weighted by molar-refractivity contribution is -0.387. The normalized spacial score (nSPS) is 17.1. The number of halogens is 1. The van der Waals surface area contributed by atoms with Crippen LogP contribution >= 0.6 is 15.9 Å². The molecule has 1 N–H and O–H groups in total. The molecular weight excluding hydrogens is 366 g/mol. The molecule has 1 fully saturated rings.